The van der Waals surface area contributed by atoms with Gasteiger partial charge in [0, 0.05) is 37.5 Å². The van der Waals surface area contributed by atoms with Gasteiger partial charge in [-0.1, -0.05) is 18.1 Å². The average Bonchev–Trinajstić information content (AvgIpc) is 3.62. The molecule has 2 N–H and O–H groups in total. The number of nitrogens with zero attached hydrogens (tertiary/aromatic N) is 4. The van der Waals surface area contributed by atoms with E-state index in [1.165, 1.54) is 32.6 Å². The van der Waals surface area contributed by atoms with E-state index in [9.17, 15) is 35.9 Å². The molecule has 17 heteroatoms. The van der Waals surface area contributed by atoms with Crippen LogP contribution in [0.2, 0.25) is 0 Å². The number of carbonyl (C=O) groups is 1. The van der Waals surface area contributed by atoms with Gasteiger partial charge in [-0.15, -0.1) is 11.3 Å². The smallest absolute Gasteiger partial charge is 0.309 e. The first-order chi connectivity index (χ1) is 20.4. The molecule has 1 fully saturated rings. The van der Waals surface area contributed by atoms with Gasteiger partial charge in [-0.25, -0.2) is 40.1 Å². The predicted octanol–water partition coefficient (Wildman–Crippen LogP) is 5.90. The molecular weight excluding hydrogens is 633 g/mol. The summed E-state index contributed by atoms with van der Waals surface area (Å²) in [4.78, 5) is 20.6. The maximum Gasteiger partial charge on any atom is 0.309 e. The lowest BCUT2D eigenvalue weighted by molar-refractivity contribution is -0.147. The van der Waals surface area contributed by atoms with Crippen LogP contribution in [0.1, 0.15) is 71.0 Å². The Morgan fingerprint density at radius 2 is 1.98 bits per heavy atom. The SMILES string of the molecule is CC[C@@H](C)NS(=O)(=O)c1ccc(-c2sc(-c3noc(CC(C)(C)C(=O)O)n3)nc2CN2CCC(F)(F)[C@@H]2C)c(C(F)F)c1F. The van der Waals surface area contributed by atoms with Gasteiger partial charge in [0.2, 0.25) is 21.7 Å². The Kier molecular flexibility index (Phi) is 9.55. The highest BCUT2D eigenvalue weighted by molar-refractivity contribution is 7.89. The monoisotopic (exact) mass is 665 g/mol. The average molecular weight is 666 g/mol. The summed E-state index contributed by atoms with van der Waals surface area (Å²) in [5.74, 6) is -5.92. The number of benzene rings is 1. The molecule has 0 aliphatic carbocycles. The first-order valence-electron chi connectivity index (χ1n) is 13.7. The van der Waals surface area contributed by atoms with Crippen molar-refractivity contribution in [2.24, 2.45) is 5.41 Å². The number of aliphatic carboxylic acids is 1. The van der Waals surface area contributed by atoms with Crippen molar-refractivity contribution in [2.75, 3.05) is 6.54 Å². The molecule has 2 atom stereocenters. The van der Waals surface area contributed by atoms with E-state index in [1.54, 1.807) is 6.92 Å². The molecule has 10 nitrogen and oxygen atoms in total. The Hall–Kier alpha value is -3.02. The van der Waals surface area contributed by atoms with E-state index in [4.69, 9.17) is 4.52 Å². The second-order valence-corrected chi connectivity index (χ2v) is 14.1. The molecule has 44 heavy (non-hydrogen) atoms. The molecule has 1 aliphatic heterocycles. The molecular formula is C27H32F5N5O5S2. The van der Waals surface area contributed by atoms with Gasteiger partial charge >= 0.3 is 5.97 Å². The van der Waals surface area contributed by atoms with Crippen LogP contribution in [0, 0.1) is 11.2 Å². The summed E-state index contributed by atoms with van der Waals surface area (Å²) in [6.07, 6.45) is -3.65. The van der Waals surface area contributed by atoms with Crippen LogP contribution in [-0.4, -0.2) is 64.1 Å². The van der Waals surface area contributed by atoms with Crippen molar-refractivity contribution in [1.82, 2.24) is 24.7 Å². The number of alkyl halides is 4. The molecule has 1 saturated heterocycles. The number of aromatic nitrogens is 3. The van der Waals surface area contributed by atoms with Crippen LogP contribution >= 0.6 is 11.3 Å². The summed E-state index contributed by atoms with van der Waals surface area (Å²) in [5.41, 5.74) is -2.77. The number of hydrogen-bond donors (Lipinski definition) is 2. The minimum absolute atomic E-state index is 0.0207. The van der Waals surface area contributed by atoms with E-state index in [0.29, 0.717) is 6.42 Å². The van der Waals surface area contributed by atoms with Crippen LogP contribution in [0.5, 0.6) is 0 Å². The Labute approximate surface area is 254 Å². The molecule has 4 rings (SSSR count). The molecule has 3 aromatic rings. The number of halogens is 5. The van der Waals surface area contributed by atoms with Gasteiger partial charge in [-0.05, 0) is 40.2 Å². The third-order valence-electron chi connectivity index (χ3n) is 7.64. The van der Waals surface area contributed by atoms with Crippen molar-refractivity contribution in [3.8, 4) is 21.3 Å². The van der Waals surface area contributed by atoms with Gasteiger partial charge < -0.3 is 9.63 Å². The molecule has 0 amide bonds. The Morgan fingerprint density at radius 3 is 2.55 bits per heavy atom. The topological polar surface area (TPSA) is 139 Å². The summed E-state index contributed by atoms with van der Waals surface area (Å²) < 4.78 is 106. The normalized spacial score (nSPS) is 18.3. The van der Waals surface area contributed by atoms with Gasteiger partial charge in [-0.3, -0.25) is 9.69 Å². The number of rotatable bonds is 12. The van der Waals surface area contributed by atoms with Crippen molar-refractivity contribution in [3.63, 3.8) is 0 Å². The molecule has 1 aromatic carbocycles. The lowest BCUT2D eigenvalue weighted by Crippen LogP contribution is -2.35. The number of likely N-dealkylation sites (tertiary alicyclic amines) is 1. The molecule has 242 valence electrons. The van der Waals surface area contributed by atoms with E-state index in [2.05, 4.69) is 19.8 Å². The minimum atomic E-state index is -4.50. The summed E-state index contributed by atoms with van der Waals surface area (Å²) >= 11 is 0.764. The largest absolute Gasteiger partial charge is 0.481 e. The van der Waals surface area contributed by atoms with Crippen LogP contribution < -0.4 is 4.72 Å². The zero-order valence-electron chi connectivity index (χ0n) is 24.5. The fraction of sp³-hybridized carbons (Fsp3) is 0.556. The van der Waals surface area contributed by atoms with Crippen molar-refractivity contribution in [3.05, 3.63) is 35.1 Å². The van der Waals surface area contributed by atoms with Crippen molar-refractivity contribution < 1.29 is 44.8 Å². The van der Waals surface area contributed by atoms with Crippen LogP contribution in [0.15, 0.2) is 21.6 Å². The molecule has 1 aliphatic rings. The van der Waals surface area contributed by atoms with Crippen molar-refractivity contribution in [1.29, 1.82) is 0 Å². The third-order valence-corrected chi connectivity index (χ3v) is 10.4. The van der Waals surface area contributed by atoms with Gasteiger partial charge in [-0.2, -0.15) is 4.98 Å². The summed E-state index contributed by atoms with van der Waals surface area (Å²) in [5, 5.41) is 13.3. The maximum atomic E-state index is 15.7. The van der Waals surface area contributed by atoms with Gasteiger partial charge in [0.15, 0.2) is 10.8 Å². The fourth-order valence-electron chi connectivity index (χ4n) is 4.61. The predicted molar refractivity (Wildman–Crippen MR) is 150 cm³/mol. The van der Waals surface area contributed by atoms with Gasteiger partial charge in [0.25, 0.3) is 12.3 Å². The Morgan fingerprint density at radius 1 is 1.30 bits per heavy atom. The number of nitrogens with one attached hydrogen (secondary N) is 1. The zero-order valence-corrected chi connectivity index (χ0v) is 26.1. The fourth-order valence-corrected chi connectivity index (χ4v) is 7.06. The van der Waals surface area contributed by atoms with E-state index in [-0.39, 0.29) is 52.4 Å². The molecule has 2 aromatic heterocycles. The summed E-state index contributed by atoms with van der Waals surface area (Å²) in [6.45, 7) is 7.21. The number of thiazole rings is 1. The van der Waals surface area contributed by atoms with Crippen molar-refractivity contribution >= 4 is 27.3 Å². The lowest BCUT2D eigenvalue weighted by atomic mass is 9.90. The highest BCUT2D eigenvalue weighted by Gasteiger charge is 2.46. The first kappa shape index (κ1) is 33.9. The molecule has 0 spiro atoms. The quantitative estimate of drug-likeness (QED) is 0.227. The highest BCUT2D eigenvalue weighted by Crippen LogP contribution is 2.43. The summed E-state index contributed by atoms with van der Waals surface area (Å²) in [6, 6.07) is 0.111. The van der Waals surface area contributed by atoms with Gasteiger partial charge in [0.1, 0.15) is 4.90 Å². The second kappa shape index (κ2) is 12.4. The van der Waals surface area contributed by atoms with E-state index in [0.717, 1.165) is 23.5 Å². The van der Waals surface area contributed by atoms with Crippen LogP contribution in [0.4, 0.5) is 22.0 Å². The second-order valence-electron chi connectivity index (χ2n) is 11.4. The van der Waals surface area contributed by atoms with Crippen LogP contribution in [0.3, 0.4) is 0 Å². The third kappa shape index (κ3) is 6.79. The molecule has 0 saturated carbocycles. The number of hydrogen-bond acceptors (Lipinski definition) is 9. The lowest BCUT2D eigenvalue weighted by Gasteiger charge is -2.23. The van der Waals surface area contributed by atoms with Gasteiger partial charge in [0.05, 0.1) is 27.6 Å². The molecule has 0 unspecified atom stereocenters. The Balaban J connectivity index is 1.84. The first-order valence-corrected chi connectivity index (χ1v) is 16.0. The molecule has 3 heterocycles. The summed E-state index contributed by atoms with van der Waals surface area (Å²) in [7, 11) is -4.50. The maximum absolute atomic E-state index is 15.7. The number of carboxylic acids is 1. The standard InChI is InChI=1S/C27H32F5N5O5S2/c1-6-13(2)36-44(40,41)17-8-7-15(19(20(17)28)22(29)30)21-16(12-37-10-9-27(31,32)14(37)3)33-24(43-21)23-34-18(42-35-23)11-26(4,5)25(38)39/h7-8,13-14,22,36H,6,9-12H2,1-5H3,(H,38,39)/t13-,14+/m1/s1. The van der Waals surface area contributed by atoms with Crippen LogP contribution in [-0.2, 0) is 27.8 Å². The molecule has 0 bridgehead atoms. The highest BCUT2D eigenvalue weighted by atomic mass is 32.2. The Bertz CT molecular complexity index is 1640. The van der Waals surface area contributed by atoms with E-state index >= 15 is 4.39 Å². The number of carboxylic acid groups (broad SMARTS) is 1. The minimum Gasteiger partial charge on any atom is -0.481 e. The zero-order chi connectivity index (χ0) is 32.8. The van der Waals surface area contributed by atoms with Crippen LogP contribution in [0.25, 0.3) is 21.3 Å². The molecule has 0 radical (unpaired) electrons. The number of sulfonamides is 1. The van der Waals surface area contributed by atoms with E-state index in [1.807, 2.05) is 0 Å². The van der Waals surface area contributed by atoms with Crippen molar-refractivity contribution in [2.45, 2.75) is 89.8 Å². The van der Waals surface area contributed by atoms with E-state index < -0.39 is 68.5 Å².